The van der Waals surface area contributed by atoms with Gasteiger partial charge in [0.2, 0.25) is 0 Å². The molecule has 0 radical (unpaired) electrons. The number of aryl methyl sites for hydroxylation is 1. The number of halogens is 1. The Bertz CT molecular complexity index is 863. The van der Waals surface area contributed by atoms with Crippen LogP contribution in [0.25, 0.3) is 22.2 Å². The molecular formula is C20H23ClN2O. The maximum atomic E-state index is 5.27. The van der Waals surface area contributed by atoms with Crippen LogP contribution in [0, 0.1) is 19.8 Å². The van der Waals surface area contributed by atoms with Crippen molar-refractivity contribution in [3.63, 3.8) is 0 Å². The number of hydrogen-bond donors (Lipinski definition) is 0. The highest BCUT2D eigenvalue weighted by atomic mass is 35.5. The Labute approximate surface area is 149 Å². The van der Waals surface area contributed by atoms with Crippen LogP contribution in [0.3, 0.4) is 0 Å². The highest BCUT2D eigenvalue weighted by Crippen LogP contribution is 2.37. The molecule has 0 N–H and O–H groups in total. The lowest BCUT2D eigenvalue weighted by atomic mass is 10.1. The van der Waals surface area contributed by atoms with E-state index < -0.39 is 0 Å². The van der Waals surface area contributed by atoms with Crippen molar-refractivity contribution in [3.8, 4) is 17.0 Å². The molecule has 0 atom stereocenters. The summed E-state index contributed by atoms with van der Waals surface area (Å²) in [6, 6.07) is 10.3. The van der Waals surface area contributed by atoms with Gasteiger partial charge in [-0.2, -0.15) is 0 Å². The maximum Gasteiger partial charge on any atom is 0.118 e. The van der Waals surface area contributed by atoms with Gasteiger partial charge < -0.3 is 9.30 Å². The molecule has 3 nitrogen and oxygen atoms in total. The fourth-order valence-corrected chi connectivity index (χ4v) is 3.34. The average molecular weight is 343 g/mol. The largest absolute Gasteiger partial charge is 0.497 e. The molecule has 0 bridgehead atoms. The lowest BCUT2D eigenvalue weighted by Gasteiger charge is -2.11. The second kappa shape index (κ2) is 6.48. The van der Waals surface area contributed by atoms with Gasteiger partial charge in [0, 0.05) is 29.4 Å². The predicted octanol–water partition coefficient (Wildman–Crippen LogP) is 5.16. The third-order valence-electron chi connectivity index (χ3n) is 5.05. The summed E-state index contributed by atoms with van der Waals surface area (Å²) in [6.07, 6.45) is 4.64. The van der Waals surface area contributed by atoms with E-state index in [1.165, 1.54) is 35.0 Å². The van der Waals surface area contributed by atoms with Gasteiger partial charge in [-0.1, -0.05) is 0 Å². The van der Waals surface area contributed by atoms with Crippen LogP contribution in [-0.2, 0) is 6.54 Å². The lowest BCUT2D eigenvalue weighted by molar-refractivity contribution is 0.415. The minimum Gasteiger partial charge on any atom is -0.497 e. The average Bonchev–Trinajstić information content (AvgIpc) is 3.38. The molecular weight excluding hydrogens is 320 g/mol. The third-order valence-corrected chi connectivity index (χ3v) is 5.05. The first-order chi connectivity index (χ1) is 11.2. The SMILES string of the molecule is COc1ccc(-c2nccc3c(C)c(C)n(CC4CC4)c23)cc1.Cl. The van der Waals surface area contributed by atoms with Crippen LogP contribution in [0.4, 0.5) is 0 Å². The van der Waals surface area contributed by atoms with Crippen LogP contribution < -0.4 is 4.74 Å². The zero-order chi connectivity index (χ0) is 16.0. The predicted molar refractivity (Wildman–Crippen MR) is 101 cm³/mol. The van der Waals surface area contributed by atoms with Gasteiger partial charge in [0.05, 0.1) is 18.3 Å². The Morgan fingerprint density at radius 2 is 1.83 bits per heavy atom. The van der Waals surface area contributed by atoms with E-state index >= 15 is 0 Å². The first-order valence-electron chi connectivity index (χ1n) is 8.28. The van der Waals surface area contributed by atoms with Gasteiger partial charge in [0.1, 0.15) is 5.75 Å². The molecule has 4 rings (SSSR count). The number of benzene rings is 1. The molecule has 2 heterocycles. The fraction of sp³-hybridized carbons (Fsp3) is 0.350. The van der Waals surface area contributed by atoms with Crippen LogP contribution in [0.2, 0.25) is 0 Å². The van der Waals surface area contributed by atoms with Gasteiger partial charge in [-0.3, -0.25) is 4.98 Å². The summed E-state index contributed by atoms with van der Waals surface area (Å²) in [4.78, 5) is 4.71. The van der Waals surface area contributed by atoms with Crippen molar-refractivity contribution < 1.29 is 4.74 Å². The van der Waals surface area contributed by atoms with Crippen LogP contribution in [0.5, 0.6) is 5.75 Å². The van der Waals surface area contributed by atoms with Gasteiger partial charge in [-0.25, -0.2) is 0 Å². The maximum absolute atomic E-state index is 5.27. The van der Waals surface area contributed by atoms with Gasteiger partial charge in [0.25, 0.3) is 0 Å². The number of nitrogens with zero attached hydrogens (tertiary/aromatic N) is 2. The molecule has 0 spiro atoms. The molecule has 0 aliphatic heterocycles. The molecule has 4 heteroatoms. The van der Waals surface area contributed by atoms with Gasteiger partial charge >= 0.3 is 0 Å². The van der Waals surface area contributed by atoms with Crippen molar-refractivity contribution in [2.24, 2.45) is 5.92 Å². The topological polar surface area (TPSA) is 27.1 Å². The standard InChI is InChI=1S/C20H22N2O.ClH/c1-13-14(2)22(12-15-4-5-15)20-18(13)10-11-21-19(20)16-6-8-17(23-3)9-7-16;/h6-11,15H,4-5,12H2,1-3H3;1H. The number of hydrogen-bond acceptors (Lipinski definition) is 2. The molecule has 1 aliphatic rings. The summed E-state index contributed by atoms with van der Waals surface area (Å²) in [5.41, 5.74) is 6.24. The van der Waals surface area contributed by atoms with Crippen molar-refractivity contribution in [2.45, 2.75) is 33.2 Å². The Morgan fingerprint density at radius 1 is 1.12 bits per heavy atom. The minimum atomic E-state index is 0. The molecule has 1 aliphatic carbocycles. The summed E-state index contributed by atoms with van der Waals surface area (Å²) in [5, 5.41) is 1.32. The summed E-state index contributed by atoms with van der Waals surface area (Å²) in [6.45, 7) is 5.57. The molecule has 1 fully saturated rings. The molecule has 0 unspecified atom stereocenters. The van der Waals surface area contributed by atoms with E-state index in [4.69, 9.17) is 9.72 Å². The van der Waals surface area contributed by atoms with Gasteiger partial charge in [-0.05, 0) is 68.5 Å². The number of pyridine rings is 1. The van der Waals surface area contributed by atoms with Gasteiger partial charge in [0.15, 0.2) is 0 Å². The summed E-state index contributed by atoms with van der Waals surface area (Å²) in [5.74, 6) is 1.72. The minimum absolute atomic E-state index is 0. The monoisotopic (exact) mass is 342 g/mol. The Hall–Kier alpha value is -2.00. The van der Waals surface area contributed by atoms with E-state index in [0.29, 0.717) is 0 Å². The van der Waals surface area contributed by atoms with E-state index in [1.807, 2.05) is 18.3 Å². The van der Waals surface area contributed by atoms with E-state index in [1.54, 1.807) is 7.11 Å². The molecule has 126 valence electrons. The molecule has 1 saturated carbocycles. The van der Waals surface area contributed by atoms with Crippen LogP contribution in [0.1, 0.15) is 24.1 Å². The smallest absolute Gasteiger partial charge is 0.118 e. The highest BCUT2D eigenvalue weighted by molar-refractivity contribution is 5.95. The first-order valence-corrected chi connectivity index (χ1v) is 8.28. The summed E-state index contributed by atoms with van der Waals surface area (Å²) < 4.78 is 7.76. The Kier molecular flexibility index (Phi) is 4.55. The zero-order valence-electron chi connectivity index (χ0n) is 14.4. The third kappa shape index (κ3) is 2.78. The summed E-state index contributed by atoms with van der Waals surface area (Å²) in [7, 11) is 1.70. The lowest BCUT2D eigenvalue weighted by Crippen LogP contribution is -2.03. The normalized spacial score (nSPS) is 13.8. The number of fused-ring (bicyclic) bond motifs is 1. The first kappa shape index (κ1) is 16.8. The van der Waals surface area contributed by atoms with Crippen molar-refractivity contribution in [2.75, 3.05) is 7.11 Å². The number of ether oxygens (including phenoxy) is 1. The molecule has 0 saturated heterocycles. The molecule has 1 aromatic carbocycles. The molecule has 3 aromatic rings. The summed E-state index contributed by atoms with van der Waals surface area (Å²) >= 11 is 0. The number of rotatable bonds is 4. The fourth-order valence-electron chi connectivity index (χ4n) is 3.34. The molecule has 24 heavy (non-hydrogen) atoms. The van der Waals surface area contributed by atoms with E-state index in [2.05, 4.69) is 36.6 Å². The van der Waals surface area contributed by atoms with Crippen LogP contribution in [-0.4, -0.2) is 16.7 Å². The Balaban J connectivity index is 0.00000169. The van der Waals surface area contributed by atoms with E-state index in [0.717, 1.165) is 29.5 Å². The van der Waals surface area contributed by atoms with Crippen LogP contribution in [0.15, 0.2) is 36.5 Å². The van der Waals surface area contributed by atoms with Crippen molar-refractivity contribution in [1.82, 2.24) is 9.55 Å². The highest BCUT2D eigenvalue weighted by Gasteiger charge is 2.25. The van der Waals surface area contributed by atoms with Crippen molar-refractivity contribution >= 4 is 23.3 Å². The van der Waals surface area contributed by atoms with E-state index in [9.17, 15) is 0 Å². The number of aromatic nitrogens is 2. The van der Waals surface area contributed by atoms with Gasteiger partial charge in [-0.15, -0.1) is 12.4 Å². The molecule has 2 aromatic heterocycles. The quantitative estimate of drug-likeness (QED) is 0.654. The Morgan fingerprint density at radius 3 is 2.46 bits per heavy atom. The second-order valence-corrected chi connectivity index (χ2v) is 6.55. The molecule has 0 amide bonds. The van der Waals surface area contributed by atoms with E-state index in [-0.39, 0.29) is 12.4 Å². The van der Waals surface area contributed by atoms with Crippen molar-refractivity contribution in [3.05, 3.63) is 47.8 Å². The van der Waals surface area contributed by atoms with Crippen LogP contribution >= 0.6 is 12.4 Å². The zero-order valence-corrected chi connectivity index (χ0v) is 15.2. The second-order valence-electron chi connectivity index (χ2n) is 6.55. The number of methoxy groups -OCH3 is 1. The van der Waals surface area contributed by atoms with Crippen molar-refractivity contribution in [1.29, 1.82) is 0 Å².